The van der Waals surface area contributed by atoms with Gasteiger partial charge in [-0.3, -0.25) is 0 Å². The number of oxime groups is 1. The van der Waals surface area contributed by atoms with Crippen molar-refractivity contribution in [3.8, 4) is 0 Å². The Labute approximate surface area is 111 Å². The number of rotatable bonds is 8. The lowest BCUT2D eigenvalue weighted by molar-refractivity contribution is 0.210. The van der Waals surface area contributed by atoms with E-state index in [4.69, 9.17) is 10.9 Å². The van der Waals surface area contributed by atoms with Gasteiger partial charge in [-0.2, -0.15) is 0 Å². The zero-order valence-electron chi connectivity index (χ0n) is 11.8. The van der Waals surface area contributed by atoms with Crippen LogP contribution < -0.4 is 5.73 Å². The van der Waals surface area contributed by atoms with E-state index < -0.39 is 0 Å². The predicted molar refractivity (Wildman–Crippen MR) is 75.0 cm³/mol. The third-order valence-electron chi connectivity index (χ3n) is 3.37. The van der Waals surface area contributed by atoms with E-state index in [1.165, 1.54) is 25.9 Å². The summed E-state index contributed by atoms with van der Waals surface area (Å²) in [6.45, 7) is 11.1. The van der Waals surface area contributed by atoms with Crippen molar-refractivity contribution in [3.05, 3.63) is 0 Å². The lowest BCUT2D eigenvalue weighted by Crippen LogP contribution is -2.37. The summed E-state index contributed by atoms with van der Waals surface area (Å²) in [5.41, 5.74) is 5.53. The van der Waals surface area contributed by atoms with E-state index in [-0.39, 0.29) is 0 Å². The molecule has 3 N–H and O–H groups in total. The van der Waals surface area contributed by atoms with E-state index in [1.54, 1.807) is 0 Å². The third-order valence-corrected chi connectivity index (χ3v) is 3.37. The molecule has 1 aliphatic rings. The maximum absolute atomic E-state index is 8.57. The molecule has 0 aromatic rings. The van der Waals surface area contributed by atoms with E-state index in [0.717, 1.165) is 26.2 Å². The van der Waals surface area contributed by atoms with Crippen LogP contribution in [0.2, 0.25) is 0 Å². The van der Waals surface area contributed by atoms with Gasteiger partial charge in [0.1, 0.15) is 5.84 Å². The van der Waals surface area contributed by atoms with Crippen LogP contribution in [-0.4, -0.2) is 60.1 Å². The van der Waals surface area contributed by atoms with Gasteiger partial charge < -0.3 is 20.7 Å². The first kappa shape index (κ1) is 15.2. The average Bonchev–Trinajstić information content (AvgIpc) is 2.84. The van der Waals surface area contributed by atoms with Crippen LogP contribution in [-0.2, 0) is 0 Å². The summed E-state index contributed by atoms with van der Waals surface area (Å²) in [5, 5.41) is 11.6. The number of nitrogens with two attached hydrogens (primary N) is 1. The Morgan fingerprint density at radius 3 is 2.56 bits per heavy atom. The molecular formula is C13H28N4O. The number of hydrogen-bond donors (Lipinski definition) is 2. The summed E-state index contributed by atoms with van der Waals surface area (Å²) in [4.78, 5) is 4.94. The smallest absolute Gasteiger partial charge is 0.140 e. The molecule has 0 unspecified atom stereocenters. The van der Waals surface area contributed by atoms with Gasteiger partial charge >= 0.3 is 0 Å². The molecule has 1 aliphatic heterocycles. The van der Waals surface area contributed by atoms with E-state index in [0.29, 0.717) is 18.2 Å². The highest BCUT2D eigenvalue weighted by Gasteiger charge is 2.14. The predicted octanol–water partition coefficient (Wildman–Crippen LogP) is 1.18. The van der Waals surface area contributed by atoms with Crippen LogP contribution in [0, 0.1) is 5.92 Å². The maximum Gasteiger partial charge on any atom is 0.140 e. The van der Waals surface area contributed by atoms with Gasteiger partial charge in [0.15, 0.2) is 0 Å². The van der Waals surface area contributed by atoms with Gasteiger partial charge in [0.2, 0.25) is 0 Å². The number of hydrogen-bond acceptors (Lipinski definition) is 4. The zero-order chi connectivity index (χ0) is 13.4. The van der Waals surface area contributed by atoms with Crippen LogP contribution in [0.15, 0.2) is 5.16 Å². The Morgan fingerprint density at radius 2 is 2.00 bits per heavy atom. The first-order chi connectivity index (χ1) is 8.61. The van der Waals surface area contributed by atoms with Gasteiger partial charge in [-0.05, 0) is 31.8 Å². The van der Waals surface area contributed by atoms with Crippen molar-refractivity contribution in [1.82, 2.24) is 9.80 Å². The Hall–Kier alpha value is -0.810. The molecule has 0 spiro atoms. The Kier molecular flexibility index (Phi) is 7.05. The second-order valence-corrected chi connectivity index (χ2v) is 5.58. The molecule has 0 aromatic heterocycles. The van der Waals surface area contributed by atoms with Gasteiger partial charge in [-0.15, -0.1) is 0 Å². The first-order valence-corrected chi connectivity index (χ1v) is 7.03. The molecule has 0 atom stereocenters. The molecule has 0 bridgehead atoms. The molecule has 5 heteroatoms. The molecule has 0 saturated carbocycles. The van der Waals surface area contributed by atoms with Gasteiger partial charge in [-0.1, -0.05) is 19.0 Å². The van der Waals surface area contributed by atoms with E-state index in [1.807, 2.05) is 0 Å². The van der Waals surface area contributed by atoms with Crippen molar-refractivity contribution in [2.75, 3.05) is 39.3 Å². The van der Waals surface area contributed by atoms with Crippen molar-refractivity contribution in [2.24, 2.45) is 16.8 Å². The SMILES string of the molecule is CC(C)CN(CCC(N)=NO)CCN1CCCC1. The minimum atomic E-state index is 0.324. The molecule has 1 rings (SSSR count). The molecule has 0 aliphatic carbocycles. The summed E-state index contributed by atoms with van der Waals surface area (Å²) in [5.74, 6) is 0.973. The van der Waals surface area contributed by atoms with Gasteiger partial charge in [0.05, 0.1) is 0 Å². The Balaban J connectivity index is 2.29. The Bertz CT molecular complexity index is 249. The maximum atomic E-state index is 8.57. The summed E-state index contributed by atoms with van der Waals surface area (Å²) < 4.78 is 0. The lowest BCUT2D eigenvalue weighted by atomic mass is 10.2. The minimum Gasteiger partial charge on any atom is -0.409 e. The molecule has 0 radical (unpaired) electrons. The molecule has 1 heterocycles. The summed E-state index contributed by atoms with van der Waals surface area (Å²) in [6.07, 6.45) is 3.33. The molecule has 0 aromatic carbocycles. The van der Waals surface area contributed by atoms with Crippen molar-refractivity contribution in [1.29, 1.82) is 0 Å². The van der Waals surface area contributed by atoms with E-state index in [2.05, 4.69) is 28.8 Å². The summed E-state index contributed by atoms with van der Waals surface area (Å²) in [6, 6.07) is 0. The van der Waals surface area contributed by atoms with E-state index in [9.17, 15) is 0 Å². The van der Waals surface area contributed by atoms with Crippen LogP contribution in [0.1, 0.15) is 33.1 Å². The molecular weight excluding hydrogens is 228 g/mol. The fourth-order valence-electron chi connectivity index (χ4n) is 2.42. The van der Waals surface area contributed by atoms with E-state index >= 15 is 0 Å². The normalized spacial score (nSPS) is 18.1. The first-order valence-electron chi connectivity index (χ1n) is 7.03. The fourth-order valence-corrected chi connectivity index (χ4v) is 2.42. The molecule has 5 nitrogen and oxygen atoms in total. The summed E-state index contributed by atoms with van der Waals surface area (Å²) in [7, 11) is 0. The highest BCUT2D eigenvalue weighted by molar-refractivity contribution is 5.79. The highest BCUT2D eigenvalue weighted by atomic mass is 16.4. The lowest BCUT2D eigenvalue weighted by Gasteiger charge is -2.26. The average molecular weight is 256 g/mol. The monoisotopic (exact) mass is 256 g/mol. The second-order valence-electron chi connectivity index (χ2n) is 5.58. The van der Waals surface area contributed by atoms with Crippen molar-refractivity contribution >= 4 is 5.84 Å². The number of likely N-dealkylation sites (tertiary alicyclic amines) is 1. The fraction of sp³-hybridized carbons (Fsp3) is 0.923. The van der Waals surface area contributed by atoms with Crippen molar-refractivity contribution < 1.29 is 5.21 Å². The third kappa shape index (κ3) is 6.21. The second kappa shape index (κ2) is 8.32. The van der Waals surface area contributed by atoms with Crippen molar-refractivity contribution in [2.45, 2.75) is 33.1 Å². The minimum absolute atomic E-state index is 0.324. The molecule has 106 valence electrons. The van der Waals surface area contributed by atoms with Crippen LogP contribution >= 0.6 is 0 Å². The zero-order valence-corrected chi connectivity index (χ0v) is 11.8. The van der Waals surface area contributed by atoms with Crippen LogP contribution in [0.4, 0.5) is 0 Å². The largest absolute Gasteiger partial charge is 0.409 e. The van der Waals surface area contributed by atoms with Gasteiger partial charge in [0, 0.05) is 32.6 Å². The molecule has 1 saturated heterocycles. The number of nitrogens with zero attached hydrogens (tertiary/aromatic N) is 3. The standard InChI is InChI=1S/C13H28N4O/c1-12(2)11-17(8-5-13(14)15-18)10-9-16-6-3-4-7-16/h12,18H,3-11H2,1-2H3,(H2,14,15). The topological polar surface area (TPSA) is 65.1 Å². The Morgan fingerprint density at radius 1 is 1.33 bits per heavy atom. The molecule has 1 fully saturated rings. The molecule has 18 heavy (non-hydrogen) atoms. The van der Waals surface area contributed by atoms with Gasteiger partial charge in [-0.25, -0.2) is 0 Å². The van der Waals surface area contributed by atoms with Crippen LogP contribution in [0.25, 0.3) is 0 Å². The highest BCUT2D eigenvalue weighted by Crippen LogP contribution is 2.07. The summed E-state index contributed by atoms with van der Waals surface area (Å²) >= 11 is 0. The molecule has 0 amide bonds. The van der Waals surface area contributed by atoms with Crippen molar-refractivity contribution in [3.63, 3.8) is 0 Å². The quantitative estimate of drug-likeness (QED) is 0.296. The number of amidine groups is 1. The van der Waals surface area contributed by atoms with Crippen LogP contribution in [0.5, 0.6) is 0 Å². The van der Waals surface area contributed by atoms with Crippen LogP contribution in [0.3, 0.4) is 0 Å². The van der Waals surface area contributed by atoms with Gasteiger partial charge in [0.25, 0.3) is 0 Å².